The second-order valence-electron chi connectivity index (χ2n) is 30.1. The van der Waals surface area contributed by atoms with Gasteiger partial charge in [-0.1, -0.05) is 104 Å². The maximum Gasteiger partial charge on any atom is 0.256 e. The fourth-order valence-corrected chi connectivity index (χ4v) is 14.0. The highest BCUT2D eigenvalue weighted by molar-refractivity contribution is 8.00. The van der Waals surface area contributed by atoms with Crippen molar-refractivity contribution < 1.29 is 68.1 Å². The summed E-state index contributed by atoms with van der Waals surface area (Å²) in [4.78, 5) is 176. The molecule has 1 rings (SSSR count). The van der Waals surface area contributed by atoms with Gasteiger partial charge in [-0.2, -0.15) is 0 Å². The van der Waals surface area contributed by atoms with E-state index >= 15 is 33.6 Å². The van der Waals surface area contributed by atoms with E-state index < -0.39 is 166 Å². The van der Waals surface area contributed by atoms with Crippen LogP contribution in [0.5, 0.6) is 0 Å². The lowest BCUT2D eigenvalue weighted by molar-refractivity contribution is -0.156. The van der Waals surface area contributed by atoms with E-state index in [0.29, 0.717) is 12.3 Å². The van der Waals surface area contributed by atoms with Crippen LogP contribution in [-0.2, 0) is 52.7 Å². The first kappa shape index (κ1) is 87.0. The molecule has 0 aromatic rings. The predicted octanol–water partition coefficient (Wildman–Crippen LogP) is 5.72. The minimum atomic E-state index is -1.53. The summed E-state index contributed by atoms with van der Waals surface area (Å²) >= 11 is 1.13. The summed E-state index contributed by atoms with van der Waals surface area (Å²) < 4.78 is 0. The van der Waals surface area contributed by atoms with Crippen LogP contribution < -0.4 is 5.32 Å². The fourth-order valence-electron chi connectivity index (χ4n) is 12.6. The number of aliphatic hydroxyl groups is 3. The molecule has 1 aliphatic heterocycles. The molecule has 0 aromatic carbocycles. The molecule has 0 spiro atoms. The second kappa shape index (κ2) is 39.4. The van der Waals surface area contributed by atoms with Gasteiger partial charge in [0, 0.05) is 112 Å². The molecule has 94 heavy (non-hydrogen) atoms. The summed E-state index contributed by atoms with van der Waals surface area (Å²) in [5.74, 6) is -11.4. The van der Waals surface area contributed by atoms with Crippen molar-refractivity contribution in [3.63, 3.8) is 0 Å². The zero-order valence-electron chi connectivity index (χ0n) is 62.5. The van der Waals surface area contributed by atoms with Crippen molar-refractivity contribution in [2.45, 2.75) is 241 Å². The van der Waals surface area contributed by atoms with E-state index in [1.165, 1.54) is 97.5 Å². The Hall–Kier alpha value is -5.04. The lowest BCUT2D eigenvalue weighted by atomic mass is 9.83. The number of carbonyl (C=O) groups excluding carboxylic acids is 11. The number of carbonyl (C=O) groups is 11. The number of nitrogens with one attached hydrogen (secondary N) is 1. The third kappa shape index (κ3) is 25.4. The Bertz CT molecular complexity index is 2520. The molecular weight excluding hydrogens is 1220 g/mol. The smallest absolute Gasteiger partial charge is 0.256 e. The van der Waals surface area contributed by atoms with Crippen LogP contribution in [-0.4, -0.2) is 261 Å². The average Bonchev–Trinajstić information content (AvgIpc) is 0.811. The van der Waals surface area contributed by atoms with Crippen molar-refractivity contribution >= 4 is 76.4 Å². The molecule has 23 nitrogen and oxygen atoms in total. The Morgan fingerprint density at radius 3 is 1.45 bits per heavy atom. The number of likely N-dealkylation sites (N-methyl/N-ethyl adjacent to an activating group) is 7. The lowest BCUT2D eigenvalue weighted by Crippen LogP contribution is -2.62. The topological polar surface area (TPSA) is 286 Å². The van der Waals surface area contributed by atoms with Crippen LogP contribution in [0.4, 0.5) is 0 Å². The van der Waals surface area contributed by atoms with E-state index in [0.717, 1.165) is 11.8 Å². The molecule has 0 aromatic heterocycles. The molecule has 1 fully saturated rings. The van der Waals surface area contributed by atoms with Gasteiger partial charge in [0.1, 0.15) is 36.0 Å². The zero-order chi connectivity index (χ0) is 73.0. The highest BCUT2D eigenvalue weighted by Crippen LogP contribution is 2.32. The molecule has 1 unspecified atom stereocenters. The average molecular weight is 1350 g/mol. The number of hydrogen-bond acceptors (Lipinski definition) is 16. The van der Waals surface area contributed by atoms with Crippen molar-refractivity contribution in [1.29, 1.82) is 0 Å². The van der Waals surface area contributed by atoms with Crippen LogP contribution in [0.1, 0.15) is 182 Å². The lowest BCUT2D eigenvalue weighted by Gasteiger charge is -2.42. The second-order valence-corrected chi connectivity index (χ2v) is 31.3. The number of rotatable bonds is 21. The summed E-state index contributed by atoms with van der Waals surface area (Å²) in [6, 6.07) is -8.48. The Morgan fingerprint density at radius 1 is 0.543 bits per heavy atom. The molecule has 0 bridgehead atoms. The minimum absolute atomic E-state index is 0.00749. The van der Waals surface area contributed by atoms with E-state index in [9.17, 15) is 34.5 Å². The highest BCUT2D eigenvalue weighted by atomic mass is 32.2. The van der Waals surface area contributed by atoms with Gasteiger partial charge < -0.3 is 59.8 Å². The fraction of sp³-hybridized carbons (Fsp3) is 0.843. The number of thioether (sulfide) groups is 1. The van der Waals surface area contributed by atoms with Gasteiger partial charge in [0.15, 0.2) is 16.9 Å². The molecule has 24 heteroatoms. The molecule has 1 saturated heterocycles. The van der Waals surface area contributed by atoms with Crippen LogP contribution in [0.15, 0.2) is 0 Å². The van der Waals surface area contributed by atoms with Crippen molar-refractivity contribution in [3.8, 4) is 0 Å². The summed E-state index contributed by atoms with van der Waals surface area (Å²) in [5.41, 5.74) is -1.53. The Morgan fingerprint density at radius 2 is 0.989 bits per heavy atom. The normalized spacial score (nSPS) is 27.0. The van der Waals surface area contributed by atoms with Gasteiger partial charge in [-0.3, -0.25) is 52.7 Å². The first-order chi connectivity index (χ1) is 43.2. The maximum atomic E-state index is 15.5. The SMILES string of the molecule is CC[C@@H]1NC(=O)[C@H]([C@H](C)[C@H](C)CC(O)CCO)N(C)C(=O)[C@H](C(C)C)N(C)C(=O)[C@H](CC(C)C)N(C)C(=O)[C@H](CC(C)C)N(C)C(=O)[C@@H](C)CC(=O)[C@H](C)CC(=O)[C@H](CC(C)C)N(C)C(=O)[C@H](C(C)C)CC(=O)[C@H](CC(C)(C)O)N(C)C(=O)[C@@H](SCCN(C)C)N(C)C1=O. The standard InChI is InChI=1S/C70H127N9O14S/c1-27-51-64(88)79(26)69(94-31-29-72(18)19)68(92)76(23)55(39-70(16,17)93)58(84)38-50(43(8)9)63(87)73(20)52(32-40(2)3)57(83)36-46(13)56(82)37-47(14)62(86)74(21)53(33-41(4)5)65(89)75(22)54(34-42(6)7)66(90)77(24)59(44(10)11)67(91)78(25)60(61(85)71-51)48(15)45(12)35-49(81)28-30-80/h40-55,59-60,69,80-81,93H,27-39H2,1-26H3,(H,71,85)/t45-,46-,47+,48-,49?,50+,51+,52+,53+,54+,55+,59+,60+,69-/m1/s1. The summed E-state index contributed by atoms with van der Waals surface area (Å²) in [7, 11) is 13.9. The van der Waals surface area contributed by atoms with E-state index in [-0.39, 0.29) is 87.9 Å². The highest BCUT2D eigenvalue weighted by Gasteiger charge is 2.47. The number of Topliss-reactive ketones (excluding diaryl/α,β-unsaturated/α-hetero) is 3. The first-order valence-electron chi connectivity index (χ1n) is 34.2. The van der Waals surface area contributed by atoms with Gasteiger partial charge in [0.25, 0.3) is 5.91 Å². The molecule has 8 amide bonds. The summed E-state index contributed by atoms with van der Waals surface area (Å²) in [6.45, 7) is 30.0. The van der Waals surface area contributed by atoms with E-state index in [2.05, 4.69) is 5.32 Å². The molecule has 1 heterocycles. The zero-order valence-corrected chi connectivity index (χ0v) is 63.3. The van der Waals surface area contributed by atoms with Crippen LogP contribution in [0.3, 0.4) is 0 Å². The Labute approximate surface area is 569 Å². The van der Waals surface area contributed by atoms with Crippen LogP contribution in [0.25, 0.3) is 0 Å². The van der Waals surface area contributed by atoms with E-state index in [1.807, 2.05) is 60.5 Å². The van der Waals surface area contributed by atoms with Crippen molar-refractivity contribution in [3.05, 3.63) is 0 Å². The van der Waals surface area contributed by atoms with Crippen LogP contribution >= 0.6 is 11.8 Å². The Balaban J connectivity index is 4.59. The van der Waals surface area contributed by atoms with Gasteiger partial charge in [0.2, 0.25) is 41.4 Å². The van der Waals surface area contributed by atoms with Gasteiger partial charge in [-0.25, -0.2) is 0 Å². The number of ketones is 3. The van der Waals surface area contributed by atoms with Crippen molar-refractivity contribution in [2.24, 2.45) is 59.2 Å². The molecule has 0 saturated carbocycles. The summed E-state index contributed by atoms with van der Waals surface area (Å²) in [5, 5.41) is 33.7. The van der Waals surface area contributed by atoms with Crippen molar-refractivity contribution in [2.75, 3.05) is 82.3 Å². The van der Waals surface area contributed by atoms with Gasteiger partial charge in [0.05, 0.1) is 23.8 Å². The number of nitrogens with zero attached hydrogens (tertiary/aromatic N) is 8. The third-order valence-electron chi connectivity index (χ3n) is 18.8. The van der Waals surface area contributed by atoms with Gasteiger partial charge >= 0.3 is 0 Å². The molecule has 542 valence electrons. The minimum Gasteiger partial charge on any atom is -0.396 e. The molecule has 0 aliphatic carbocycles. The van der Waals surface area contributed by atoms with Gasteiger partial charge in [-0.15, -0.1) is 11.8 Å². The largest absolute Gasteiger partial charge is 0.396 e. The monoisotopic (exact) mass is 1350 g/mol. The summed E-state index contributed by atoms with van der Waals surface area (Å²) in [6.07, 6.45) is -1.42. The Kier molecular flexibility index (Phi) is 36.4. The molecule has 1 aliphatic rings. The van der Waals surface area contributed by atoms with Crippen molar-refractivity contribution in [1.82, 2.24) is 44.5 Å². The van der Waals surface area contributed by atoms with Gasteiger partial charge in [-0.05, 0) is 108 Å². The number of hydrogen-bond donors (Lipinski definition) is 4. The molecule has 4 N–H and O–H groups in total. The molecular formula is C70H127N9O14S. The van der Waals surface area contributed by atoms with E-state index in [4.69, 9.17) is 0 Å². The quantitative estimate of drug-likeness (QED) is 0.107. The maximum absolute atomic E-state index is 15.5. The first-order valence-corrected chi connectivity index (χ1v) is 35.3. The number of amides is 8. The molecule has 14 atom stereocenters. The molecule has 0 radical (unpaired) electrons. The predicted molar refractivity (Wildman–Crippen MR) is 369 cm³/mol. The van der Waals surface area contributed by atoms with Crippen LogP contribution in [0.2, 0.25) is 0 Å². The number of aliphatic hydroxyl groups excluding tert-OH is 2. The third-order valence-corrected chi connectivity index (χ3v) is 20.1. The van der Waals surface area contributed by atoms with Crippen LogP contribution in [0, 0.1) is 59.2 Å². The van der Waals surface area contributed by atoms with E-state index in [1.54, 1.807) is 62.3 Å².